The van der Waals surface area contributed by atoms with E-state index in [0.29, 0.717) is 54.0 Å². The van der Waals surface area contributed by atoms with Gasteiger partial charge < -0.3 is 0 Å². The van der Waals surface area contributed by atoms with Gasteiger partial charge in [0.05, 0.1) is 21.8 Å². The standard InChI is InChI=1S/C20H21ClN6O3S2/c1-13-3-4-15-14(11-13)19(28)24(2)20-23-22-17(27(15)20)12-25-7-9-26(10-8-25)32(29,30)18-6-5-16(21)31-18/h3-6,11H,7-10,12H2,1-2H3. The Balaban J connectivity index is 1.41. The molecule has 12 heteroatoms. The highest BCUT2D eigenvalue weighted by atomic mass is 35.5. The van der Waals surface area contributed by atoms with Gasteiger partial charge in [0.25, 0.3) is 15.6 Å². The quantitative estimate of drug-likeness (QED) is 0.433. The van der Waals surface area contributed by atoms with Gasteiger partial charge in [-0.15, -0.1) is 21.5 Å². The number of aromatic nitrogens is 4. The minimum atomic E-state index is -3.54. The van der Waals surface area contributed by atoms with Crippen LogP contribution in [0.1, 0.15) is 11.4 Å². The van der Waals surface area contributed by atoms with E-state index in [9.17, 15) is 13.2 Å². The number of halogens is 1. The fraction of sp³-hybridized carbons (Fsp3) is 0.350. The highest BCUT2D eigenvalue weighted by Gasteiger charge is 2.30. The number of sulfonamides is 1. The van der Waals surface area contributed by atoms with Gasteiger partial charge in [-0.25, -0.2) is 8.42 Å². The van der Waals surface area contributed by atoms with Crippen molar-refractivity contribution in [2.24, 2.45) is 7.05 Å². The molecule has 0 spiro atoms. The number of hydrogen-bond donors (Lipinski definition) is 0. The van der Waals surface area contributed by atoms with Gasteiger partial charge in [-0.05, 0) is 31.2 Å². The molecule has 1 aliphatic rings. The summed E-state index contributed by atoms with van der Waals surface area (Å²) >= 11 is 6.99. The smallest absolute Gasteiger partial charge is 0.262 e. The van der Waals surface area contributed by atoms with E-state index in [1.54, 1.807) is 19.2 Å². The van der Waals surface area contributed by atoms with Gasteiger partial charge in [-0.2, -0.15) is 4.31 Å². The average molecular weight is 493 g/mol. The number of thiophene rings is 1. The van der Waals surface area contributed by atoms with Crippen molar-refractivity contribution in [3.63, 3.8) is 0 Å². The van der Waals surface area contributed by atoms with Crippen LogP contribution >= 0.6 is 22.9 Å². The Morgan fingerprint density at radius 3 is 2.53 bits per heavy atom. The number of aryl methyl sites for hydroxylation is 2. The molecule has 0 aliphatic carbocycles. The van der Waals surface area contributed by atoms with E-state index in [0.717, 1.165) is 22.4 Å². The maximum Gasteiger partial charge on any atom is 0.262 e. The Morgan fingerprint density at radius 2 is 1.84 bits per heavy atom. The molecule has 0 unspecified atom stereocenters. The molecule has 4 aromatic rings. The van der Waals surface area contributed by atoms with Crippen molar-refractivity contribution in [1.29, 1.82) is 0 Å². The molecule has 0 radical (unpaired) electrons. The first-order valence-electron chi connectivity index (χ1n) is 10.1. The topological polar surface area (TPSA) is 92.8 Å². The summed E-state index contributed by atoms with van der Waals surface area (Å²) in [5, 5.41) is 9.21. The lowest BCUT2D eigenvalue weighted by Gasteiger charge is -2.33. The van der Waals surface area contributed by atoms with Crippen LogP contribution in [0.25, 0.3) is 16.7 Å². The second kappa shape index (κ2) is 7.92. The average Bonchev–Trinajstić information content (AvgIpc) is 3.39. The summed E-state index contributed by atoms with van der Waals surface area (Å²) in [6, 6.07) is 8.91. The molecular weight excluding hydrogens is 472 g/mol. The van der Waals surface area contributed by atoms with E-state index in [4.69, 9.17) is 11.6 Å². The Kier molecular flexibility index (Phi) is 5.33. The Morgan fingerprint density at radius 1 is 1.09 bits per heavy atom. The molecule has 1 aromatic carbocycles. The monoisotopic (exact) mass is 492 g/mol. The van der Waals surface area contributed by atoms with Gasteiger partial charge in [0.15, 0.2) is 5.82 Å². The fourth-order valence-electron chi connectivity index (χ4n) is 4.05. The van der Waals surface area contributed by atoms with E-state index in [1.165, 1.54) is 8.87 Å². The number of fused-ring (bicyclic) bond motifs is 3. The fourth-order valence-corrected chi connectivity index (χ4v) is 7.11. The van der Waals surface area contributed by atoms with Crippen molar-refractivity contribution in [2.45, 2.75) is 17.7 Å². The van der Waals surface area contributed by atoms with Crippen LogP contribution in [0.5, 0.6) is 0 Å². The zero-order valence-electron chi connectivity index (χ0n) is 17.5. The lowest BCUT2D eigenvalue weighted by Crippen LogP contribution is -2.48. The van der Waals surface area contributed by atoms with Crippen LogP contribution in [-0.2, 0) is 23.6 Å². The maximum absolute atomic E-state index is 12.8. The third-order valence-electron chi connectivity index (χ3n) is 5.78. The second-order valence-corrected chi connectivity index (χ2v) is 11.8. The lowest BCUT2D eigenvalue weighted by atomic mass is 10.1. The van der Waals surface area contributed by atoms with E-state index in [1.807, 2.05) is 29.5 Å². The predicted octanol–water partition coefficient (Wildman–Crippen LogP) is 2.11. The molecule has 32 heavy (non-hydrogen) atoms. The molecule has 0 amide bonds. The van der Waals surface area contributed by atoms with Gasteiger partial charge in [0.2, 0.25) is 5.78 Å². The van der Waals surface area contributed by atoms with Crippen molar-refractivity contribution in [3.8, 4) is 0 Å². The first-order valence-corrected chi connectivity index (χ1v) is 12.7. The molecule has 3 aromatic heterocycles. The van der Waals surface area contributed by atoms with Crippen LogP contribution in [0, 0.1) is 6.92 Å². The van der Waals surface area contributed by atoms with Gasteiger partial charge in [-0.3, -0.25) is 18.7 Å². The Hall–Kier alpha value is -2.31. The minimum absolute atomic E-state index is 0.109. The van der Waals surface area contributed by atoms with E-state index in [-0.39, 0.29) is 9.77 Å². The van der Waals surface area contributed by atoms with E-state index < -0.39 is 10.0 Å². The molecule has 0 atom stereocenters. The number of rotatable bonds is 4. The number of benzene rings is 1. The number of nitrogens with zero attached hydrogens (tertiary/aromatic N) is 6. The zero-order valence-corrected chi connectivity index (χ0v) is 19.9. The van der Waals surface area contributed by atoms with Crippen LogP contribution in [-0.4, -0.2) is 63.0 Å². The van der Waals surface area contributed by atoms with Crippen LogP contribution in [0.15, 0.2) is 39.3 Å². The molecule has 0 bridgehead atoms. The molecule has 9 nitrogen and oxygen atoms in total. The highest BCUT2D eigenvalue weighted by Crippen LogP contribution is 2.28. The maximum atomic E-state index is 12.8. The van der Waals surface area contributed by atoms with Crippen LogP contribution < -0.4 is 5.56 Å². The van der Waals surface area contributed by atoms with Crippen molar-refractivity contribution in [2.75, 3.05) is 26.2 Å². The summed E-state index contributed by atoms with van der Waals surface area (Å²) in [5.74, 6) is 1.20. The molecule has 0 N–H and O–H groups in total. The van der Waals surface area contributed by atoms with Crippen LogP contribution in [0.4, 0.5) is 0 Å². The number of hydrogen-bond acceptors (Lipinski definition) is 7. The van der Waals surface area contributed by atoms with Crippen molar-refractivity contribution in [1.82, 2.24) is 28.4 Å². The Labute approximate surface area is 193 Å². The summed E-state index contributed by atoms with van der Waals surface area (Å²) in [7, 11) is -1.84. The van der Waals surface area contributed by atoms with Gasteiger partial charge >= 0.3 is 0 Å². The molecule has 1 fully saturated rings. The normalized spacial score (nSPS) is 16.3. The molecule has 168 valence electrons. The van der Waals surface area contributed by atoms with E-state index >= 15 is 0 Å². The van der Waals surface area contributed by atoms with E-state index in [2.05, 4.69) is 15.1 Å². The summed E-state index contributed by atoms with van der Waals surface area (Å²) in [6.45, 7) is 4.35. The molecule has 4 heterocycles. The molecule has 5 rings (SSSR count). The Bertz CT molecular complexity index is 1500. The van der Waals surface area contributed by atoms with Gasteiger partial charge in [0, 0.05) is 33.2 Å². The van der Waals surface area contributed by atoms with Crippen molar-refractivity contribution in [3.05, 3.63) is 56.4 Å². The highest BCUT2D eigenvalue weighted by molar-refractivity contribution is 7.91. The number of piperazine rings is 1. The third kappa shape index (κ3) is 3.54. The summed E-state index contributed by atoms with van der Waals surface area (Å²) in [5.41, 5.74) is 1.67. The van der Waals surface area contributed by atoms with Gasteiger partial charge in [-0.1, -0.05) is 23.2 Å². The second-order valence-electron chi connectivity index (χ2n) is 7.88. The molecular formula is C20H21ClN6O3S2. The summed E-state index contributed by atoms with van der Waals surface area (Å²) < 4.78 is 31.3. The largest absolute Gasteiger partial charge is 0.293 e. The van der Waals surface area contributed by atoms with Crippen LogP contribution in [0.3, 0.4) is 0 Å². The summed E-state index contributed by atoms with van der Waals surface area (Å²) in [4.78, 5) is 14.9. The van der Waals surface area contributed by atoms with Crippen molar-refractivity contribution >= 4 is 49.6 Å². The first kappa shape index (κ1) is 21.5. The summed E-state index contributed by atoms with van der Waals surface area (Å²) in [6.07, 6.45) is 0. The predicted molar refractivity (Wildman–Crippen MR) is 124 cm³/mol. The van der Waals surface area contributed by atoms with Crippen molar-refractivity contribution < 1.29 is 8.42 Å². The molecule has 1 saturated heterocycles. The zero-order chi connectivity index (χ0) is 22.6. The van der Waals surface area contributed by atoms with Gasteiger partial charge in [0.1, 0.15) is 4.21 Å². The third-order valence-corrected chi connectivity index (χ3v) is 9.38. The SMILES string of the molecule is Cc1ccc2c(c1)c(=O)n(C)c1nnc(CN3CCN(S(=O)(=O)c4ccc(Cl)s4)CC3)n21. The first-order chi connectivity index (χ1) is 15.3. The lowest BCUT2D eigenvalue weighted by molar-refractivity contribution is 0.178. The molecule has 1 aliphatic heterocycles. The van der Waals surface area contributed by atoms with Crippen LogP contribution in [0.2, 0.25) is 4.34 Å². The molecule has 0 saturated carbocycles. The minimum Gasteiger partial charge on any atom is -0.293 e.